The number of carbonyl (C=O) groups is 1. The molecule has 0 spiro atoms. The third-order valence-electron chi connectivity index (χ3n) is 4.17. The Balaban J connectivity index is 1.62. The topological polar surface area (TPSA) is 57.7 Å². The van der Waals surface area contributed by atoms with Gasteiger partial charge in [0.2, 0.25) is 0 Å². The van der Waals surface area contributed by atoms with Gasteiger partial charge in [0, 0.05) is 51.2 Å². The van der Waals surface area contributed by atoms with Crippen molar-refractivity contribution in [2.24, 2.45) is 0 Å². The molecule has 1 fully saturated rings. The number of hydrogen-bond donors (Lipinski definition) is 1. The second kappa shape index (κ2) is 8.09. The van der Waals surface area contributed by atoms with Crippen molar-refractivity contribution < 1.29 is 9.53 Å². The molecule has 0 bridgehead atoms. The first-order chi connectivity index (χ1) is 12.1. The summed E-state index contributed by atoms with van der Waals surface area (Å²) in [5, 5.41) is 2.91. The first-order valence-corrected chi connectivity index (χ1v) is 8.44. The third-order valence-corrected chi connectivity index (χ3v) is 4.17. The lowest BCUT2D eigenvalue weighted by atomic mass is 10.2. The number of ether oxygens (including phenoxy) is 1. The van der Waals surface area contributed by atoms with E-state index in [1.165, 1.54) is 0 Å². The molecule has 2 heterocycles. The average molecular weight is 340 g/mol. The lowest BCUT2D eigenvalue weighted by Crippen LogP contribution is -2.47. The Morgan fingerprint density at radius 2 is 2.08 bits per heavy atom. The van der Waals surface area contributed by atoms with Crippen molar-refractivity contribution in [2.75, 3.05) is 44.0 Å². The first kappa shape index (κ1) is 17.4. The quantitative estimate of drug-likeness (QED) is 0.902. The zero-order chi connectivity index (χ0) is 17.6. The fourth-order valence-corrected chi connectivity index (χ4v) is 2.95. The van der Waals surface area contributed by atoms with Crippen LogP contribution in [-0.2, 0) is 16.1 Å². The highest BCUT2D eigenvalue weighted by atomic mass is 16.5. The Labute approximate surface area is 148 Å². The van der Waals surface area contributed by atoms with E-state index in [2.05, 4.69) is 21.3 Å². The Hall–Kier alpha value is -2.44. The van der Waals surface area contributed by atoms with Gasteiger partial charge < -0.3 is 15.0 Å². The van der Waals surface area contributed by atoms with E-state index in [4.69, 9.17) is 4.74 Å². The van der Waals surface area contributed by atoms with Crippen molar-refractivity contribution in [3.8, 4) is 0 Å². The molecule has 1 aliphatic heterocycles. The van der Waals surface area contributed by atoms with E-state index in [0.717, 1.165) is 30.2 Å². The number of amides is 1. The van der Waals surface area contributed by atoms with E-state index < -0.39 is 6.10 Å². The highest BCUT2D eigenvalue weighted by Gasteiger charge is 2.27. The minimum atomic E-state index is -0.464. The number of morpholine rings is 1. The fraction of sp³-hybridized carbons (Fsp3) is 0.368. The van der Waals surface area contributed by atoms with Crippen LogP contribution in [0.25, 0.3) is 0 Å². The number of nitrogens with one attached hydrogen (secondary N) is 1. The minimum Gasteiger partial charge on any atom is -0.366 e. The van der Waals surface area contributed by atoms with Gasteiger partial charge in [0.05, 0.1) is 6.61 Å². The van der Waals surface area contributed by atoms with Crippen LogP contribution >= 0.6 is 0 Å². The number of anilines is 2. The van der Waals surface area contributed by atoms with Crippen LogP contribution in [0.2, 0.25) is 0 Å². The summed E-state index contributed by atoms with van der Waals surface area (Å²) >= 11 is 0. The van der Waals surface area contributed by atoms with E-state index in [1.54, 1.807) is 6.20 Å². The SMILES string of the molecule is CN(C)c1ncccc1CN1CCO[C@@H](C(=O)Nc2ccccc2)C1. The molecule has 1 aromatic carbocycles. The van der Waals surface area contributed by atoms with E-state index in [0.29, 0.717) is 13.2 Å². The number of nitrogens with zero attached hydrogens (tertiary/aromatic N) is 3. The zero-order valence-electron chi connectivity index (χ0n) is 14.7. The highest BCUT2D eigenvalue weighted by Crippen LogP contribution is 2.19. The third kappa shape index (κ3) is 4.55. The summed E-state index contributed by atoms with van der Waals surface area (Å²) in [6.07, 6.45) is 1.34. The average Bonchev–Trinajstić information content (AvgIpc) is 2.63. The summed E-state index contributed by atoms with van der Waals surface area (Å²) < 4.78 is 5.68. The molecule has 132 valence electrons. The zero-order valence-corrected chi connectivity index (χ0v) is 14.7. The van der Waals surface area contributed by atoms with E-state index in [1.807, 2.05) is 55.4 Å². The molecular weight excluding hydrogens is 316 g/mol. The van der Waals surface area contributed by atoms with Crippen LogP contribution in [-0.4, -0.2) is 55.7 Å². The van der Waals surface area contributed by atoms with E-state index in [-0.39, 0.29) is 5.91 Å². The molecule has 1 N–H and O–H groups in total. The molecule has 6 nitrogen and oxygen atoms in total. The summed E-state index contributed by atoms with van der Waals surface area (Å²) in [5.74, 6) is 0.856. The van der Waals surface area contributed by atoms with Gasteiger partial charge in [-0.05, 0) is 18.2 Å². The molecule has 6 heteroatoms. The Morgan fingerprint density at radius 1 is 1.28 bits per heavy atom. The van der Waals surface area contributed by atoms with E-state index in [9.17, 15) is 4.79 Å². The van der Waals surface area contributed by atoms with E-state index >= 15 is 0 Å². The molecule has 25 heavy (non-hydrogen) atoms. The van der Waals surface area contributed by atoms with Crippen LogP contribution in [0.15, 0.2) is 48.7 Å². The fourth-order valence-electron chi connectivity index (χ4n) is 2.95. The van der Waals surface area contributed by atoms with Gasteiger partial charge in [-0.15, -0.1) is 0 Å². The van der Waals surface area contributed by atoms with Gasteiger partial charge in [0.25, 0.3) is 5.91 Å². The number of carbonyl (C=O) groups excluding carboxylic acids is 1. The first-order valence-electron chi connectivity index (χ1n) is 8.44. The van der Waals surface area contributed by atoms with Crippen molar-refractivity contribution in [1.29, 1.82) is 0 Å². The maximum Gasteiger partial charge on any atom is 0.254 e. The molecule has 1 saturated heterocycles. The summed E-state index contributed by atoms with van der Waals surface area (Å²) in [7, 11) is 3.97. The second-order valence-electron chi connectivity index (χ2n) is 6.33. The predicted octanol–water partition coefficient (Wildman–Crippen LogP) is 1.99. The molecule has 3 rings (SSSR count). The molecule has 0 unspecified atom stereocenters. The summed E-state index contributed by atoms with van der Waals surface area (Å²) in [5.41, 5.74) is 1.94. The van der Waals surface area contributed by atoms with Crippen molar-refractivity contribution in [3.05, 3.63) is 54.2 Å². The lowest BCUT2D eigenvalue weighted by Gasteiger charge is -2.32. The van der Waals surface area contributed by atoms with Gasteiger partial charge >= 0.3 is 0 Å². The lowest BCUT2D eigenvalue weighted by molar-refractivity contribution is -0.133. The number of aromatic nitrogens is 1. The summed E-state index contributed by atoms with van der Waals surface area (Å²) in [6, 6.07) is 13.5. The van der Waals surface area contributed by atoms with Crippen molar-refractivity contribution in [1.82, 2.24) is 9.88 Å². The standard InChI is InChI=1S/C19H24N4O2/c1-22(2)18-15(7-6-10-20-18)13-23-11-12-25-17(14-23)19(24)21-16-8-4-3-5-9-16/h3-10,17H,11-14H2,1-2H3,(H,21,24)/t17-/m1/s1. The Morgan fingerprint density at radius 3 is 2.84 bits per heavy atom. The van der Waals surface area contributed by atoms with Crippen LogP contribution in [0.1, 0.15) is 5.56 Å². The van der Waals surface area contributed by atoms with Crippen molar-refractivity contribution >= 4 is 17.4 Å². The van der Waals surface area contributed by atoms with Gasteiger partial charge in [-0.25, -0.2) is 4.98 Å². The van der Waals surface area contributed by atoms with Crippen LogP contribution < -0.4 is 10.2 Å². The normalized spacial score (nSPS) is 17.9. The van der Waals surface area contributed by atoms with Gasteiger partial charge in [-0.1, -0.05) is 24.3 Å². The summed E-state index contributed by atoms with van der Waals surface area (Å²) in [4.78, 5) is 21.1. The molecule has 1 aliphatic rings. The maximum absolute atomic E-state index is 12.5. The largest absolute Gasteiger partial charge is 0.366 e. The Kier molecular flexibility index (Phi) is 5.63. The predicted molar refractivity (Wildman–Crippen MR) is 98.7 cm³/mol. The molecular formula is C19H24N4O2. The molecule has 0 radical (unpaired) electrons. The number of hydrogen-bond acceptors (Lipinski definition) is 5. The molecule has 1 atom stereocenters. The second-order valence-corrected chi connectivity index (χ2v) is 6.33. The molecule has 0 saturated carbocycles. The summed E-state index contributed by atoms with van der Waals surface area (Å²) in [6.45, 7) is 2.67. The number of rotatable bonds is 5. The number of benzene rings is 1. The molecule has 1 amide bonds. The van der Waals surface area contributed by atoms with Gasteiger partial charge in [-0.2, -0.15) is 0 Å². The monoisotopic (exact) mass is 340 g/mol. The Bertz CT molecular complexity index is 706. The van der Waals surface area contributed by atoms with Crippen LogP contribution in [0.4, 0.5) is 11.5 Å². The van der Waals surface area contributed by atoms with Crippen LogP contribution in [0.5, 0.6) is 0 Å². The number of pyridine rings is 1. The van der Waals surface area contributed by atoms with Crippen molar-refractivity contribution in [2.45, 2.75) is 12.6 Å². The maximum atomic E-state index is 12.5. The highest BCUT2D eigenvalue weighted by molar-refractivity contribution is 5.94. The molecule has 2 aromatic rings. The van der Waals surface area contributed by atoms with Gasteiger partial charge in [-0.3, -0.25) is 9.69 Å². The number of para-hydroxylation sites is 1. The van der Waals surface area contributed by atoms with Crippen molar-refractivity contribution in [3.63, 3.8) is 0 Å². The van der Waals surface area contributed by atoms with Gasteiger partial charge in [0.1, 0.15) is 11.9 Å². The molecule has 0 aliphatic carbocycles. The minimum absolute atomic E-state index is 0.102. The van der Waals surface area contributed by atoms with Crippen LogP contribution in [0, 0.1) is 0 Å². The molecule has 1 aromatic heterocycles. The van der Waals surface area contributed by atoms with Crippen LogP contribution in [0.3, 0.4) is 0 Å². The smallest absolute Gasteiger partial charge is 0.254 e. The van der Waals surface area contributed by atoms with Gasteiger partial charge in [0.15, 0.2) is 0 Å².